The molecule has 3 heteroatoms. The molecule has 0 atom stereocenters. The van der Waals surface area contributed by atoms with Crippen LogP contribution in [-0.4, -0.2) is 18.3 Å². The first-order valence-electron chi connectivity index (χ1n) is 6.69. The number of halogens is 1. The van der Waals surface area contributed by atoms with Gasteiger partial charge in [-0.15, -0.1) is 11.6 Å². The first-order chi connectivity index (χ1) is 8.75. The number of hydrogen-bond acceptors (Lipinski definition) is 1. The van der Waals surface area contributed by atoms with Gasteiger partial charge in [0.05, 0.1) is 0 Å². The topological polar surface area (TPSA) is 29.1 Å². The molecule has 0 bridgehead atoms. The van der Waals surface area contributed by atoms with Crippen LogP contribution in [0, 0.1) is 13.8 Å². The number of rotatable bonds is 4. The SMILES string of the molecule is Cc1cc(C(C)(C)C)cc(C)c1CCNC(=O)CCl. The van der Waals surface area contributed by atoms with Crippen LogP contribution in [0.5, 0.6) is 0 Å². The van der Waals surface area contributed by atoms with Gasteiger partial charge in [0.1, 0.15) is 5.88 Å². The van der Waals surface area contributed by atoms with E-state index < -0.39 is 0 Å². The van der Waals surface area contributed by atoms with E-state index in [2.05, 4.69) is 52.1 Å². The second-order valence-corrected chi connectivity index (χ2v) is 6.34. The predicted octanol–water partition coefficient (Wildman–Crippen LogP) is 3.50. The molecule has 0 unspecified atom stereocenters. The summed E-state index contributed by atoms with van der Waals surface area (Å²) in [6.07, 6.45) is 0.852. The molecule has 0 heterocycles. The van der Waals surface area contributed by atoms with Crippen LogP contribution in [0.3, 0.4) is 0 Å². The van der Waals surface area contributed by atoms with Crippen LogP contribution in [0.15, 0.2) is 12.1 Å². The van der Waals surface area contributed by atoms with Crippen molar-refractivity contribution in [3.63, 3.8) is 0 Å². The summed E-state index contributed by atoms with van der Waals surface area (Å²) >= 11 is 5.46. The number of amides is 1. The van der Waals surface area contributed by atoms with Crippen molar-refractivity contribution >= 4 is 17.5 Å². The lowest BCUT2D eigenvalue weighted by Gasteiger charge is -2.22. The van der Waals surface area contributed by atoms with E-state index in [1.165, 1.54) is 22.3 Å². The van der Waals surface area contributed by atoms with Gasteiger partial charge >= 0.3 is 0 Å². The van der Waals surface area contributed by atoms with Crippen LogP contribution in [0.2, 0.25) is 0 Å². The lowest BCUT2D eigenvalue weighted by atomic mass is 9.83. The number of carbonyl (C=O) groups excluding carboxylic acids is 1. The molecule has 106 valence electrons. The smallest absolute Gasteiger partial charge is 0.234 e. The van der Waals surface area contributed by atoms with Crippen LogP contribution in [0.1, 0.15) is 43.0 Å². The highest BCUT2D eigenvalue weighted by Crippen LogP contribution is 2.26. The summed E-state index contributed by atoms with van der Waals surface area (Å²) in [7, 11) is 0. The minimum absolute atomic E-state index is 0.0287. The Morgan fingerprint density at radius 3 is 2.16 bits per heavy atom. The van der Waals surface area contributed by atoms with Crippen molar-refractivity contribution in [2.45, 2.75) is 46.5 Å². The van der Waals surface area contributed by atoms with Crippen molar-refractivity contribution in [2.24, 2.45) is 0 Å². The minimum Gasteiger partial charge on any atom is -0.355 e. The lowest BCUT2D eigenvalue weighted by Crippen LogP contribution is -2.27. The van der Waals surface area contributed by atoms with Gasteiger partial charge in [-0.3, -0.25) is 4.79 Å². The van der Waals surface area contributed by atoms with E-state index in [0.29, 0.717) is 6.54 Å². The fourth-order valence-corrected chi connectivity index (χ4v) is 2.29. The molecule has 0 spiro atoms. The molecule has 1 amide bonds. The molecule has 2 nitrogen and oxygen atoms in total. The molecule has 1 aromatic rings. The molecule has 0 aliphatic heterocycles. The first-order valence-corrected chi connectivity index (χ1v) is 7.22. The normalized spacial score (nSPS) is 11.5. The van der Waals surface area contributed by atoms with Crippen LogP contribution in [-0.2, 0) is 16.6 Å². The Morgan fingerprint density at radius 2 is 1.74 bits per heavy atom. The summed E-state index contributed by atoms with van der Waals surface area (Å²) in [6, 6.07) is 4.51. The first kappa shape index (κ1) is 16.0. The van der Waals surface area contributed by atoms with E-state index >= 15 is 0 Å². The van der Waals surface area contributed by atoms with Crippen molar-refractivity contribution < 1.29 is 4.79 Å². The summed E-state index contributed by atoms with van der Waals surface area (Å²) in [4.78, 5) is 11.1. The summed E-state index contributed by atoms with van der Waals surface area (Å²) in [6.45, 7) is 11.6. The van der Waals surface area contributed by atoms with E-state index in [-0.39, 0.29) is 17.2 Å². The second kappa shape index (κ2) is 6.42. The Bertz CT molecular complexity index is 437. The van der Waals surface area contributed by atoms with Crippen molar-refractivity contribution in [3.05, 3.63) is 34.4 Å². The molecule has 1 rings (SSSR count). The Hall–Kier alpha value is -1.02. The maximum atomic E-state index is 11.1. The Labute approximate surface area is 121 Å². The van der Waals surface area contributed by atoms with Gasteiger partial charge in [0.15, 0.2) is 0 Å². The molecule has 0 aromatic heterocycles. The molecular formula is C16H24ClNO. The molecular weight excluding hydrogens is 258 g/mol. The third-order valence-electron chi connectivity index (χ3n) is 3.38. The number of aryl methyl sites for hydroxylation is 2. The summed E-state index contributed by atoms with van der Waals surface area (Å²) in [5.74, 6) is -0.0794. The molecule has 0 aliphatic carbocycles. The highest BCUT2D eigenvalue weighted by molar-refractivity contribution is 6.27. The molecule has 0 fully saturated rings. The van der Waals surface area contributed by atoms with Crippen LogP contribution in [0.4, 0.5) is 0 Å². The van der Waals surface area contributed by atoms with Crippen molar-refractivity contribution in [3.8, 4) is 0 Å². The zero-order chi connectivity index (χ0) is 14.6. The van der Waals surface area contributed by atoms with Crippen LogP contribution < -0.4 is 5.32 Å². The van der Waals surface area contributed by atoms with Gasteiger partial charge in [-0.05, 0) is 47.9 Å². The zero-order valence-corrected chi connectivity index (χ0v) is 13.3. The average molecular weight is 282 g/mol. The molecule has 1 N–H and O–H groups in total. The fraction of sp³-hybridized carbons (Fsp3) is 0.562. The number of carbonyl (C=O) groups is 1. The molecule has 1 aromatic carbocycles. The lowest BCUT2D eigenvalue weighted by molar-refractivity contribution is -0.118. The average Bonchev–Trinajstić information content (AvgIpc) is 2.30. The van der Waals surface area contributed by atoms with Gasteiger partial charge in [-0.25, -0.2) is 0 Å². The third kappa shape index (κ3) is 4.54. The quantitative estimate of drug-likeness (QED) is 0.841. The van der Waals surface area contributed by atoms with Gasteiger partial charge in [-0.1, -0.05) is 32.9 Å². The summed E-state index contributed by atoms with van der Waals surface area (Å²) in [5, 5.41) is 2.81. The Balaban J connectivity index is 2.83. The van der Waals surface area contributed by atoms with Crippen LogP contribution in [0.25, 0.3) is 0 Å². The minimum atomic E-state index is -0.108. The highest BCUT2D eigenvalue weighted by Gasteiger charge is 2.16. The molecule has 19 heavy (non-hydrogen) atoms. The van der Waals surface area contributed by atoms with Gasteiger partial charge < -0.3 is 5.32 Å². The van der Waals surface area contributed by atoms with Crippen LogP contribution >= 0.6 is 11.6 Å². The third-order valence-corrected chi connectivity index (χ3v) is 3.62. The second-order valence-electron chi connectivity index (χ2n) is 6.07. The van der Waals surface area contributed by atoms with E-state index in [9.17, 15) is 4.79 Å². The largest absolute Gasteiger partial charge is 0.355 e. The van der Waals surface area contributed by atoms with Gasteiger partial charge in [0.25, 0.3) is 0 Å². The van der Waals surface area contributed by atoms with E-state index in [1.54, 1.807) is 0 Å². The predicted molar refractivity (Wildman–Crippen MR) is 82.0 cm³/mol. The molecule has 0 saturated carbocycles. The Kier molecular flexibility index (Phi) is 5.42. The number of benzene rings is 1. The molecule has 0 aliphatic rings. The monoisotopic (exact) mass is 281 g/mol. The Morgan fingerprint density at radius 1 is 1.21 bits per heavy atom. The van der Waals surface area contributed by atoms with E-state index in [4.69, 9.17) is 11.6 Å². The molecule has 0 radical (unpaired) electrons. The highest BCUT2D eigenvalue weighted by atomic mass is 35.5. The van der Waals surface area contributed by atoms with Gasteiger partial charge in [-0.2, -0.15) is 0 Å². The zero-order valence-electron chi connectivity index (χ0n) is 12.6. The number of alkyl halides is 1. The van der Waals surface area contributed by atoms with Crippen molar-refractivity contribution in [2.75, 3.05) is 12.4 Å². The standard InChI is InChI=1S/C16H24ClNO/c1-11-8-13(16(3,4)5)9-12(2)14(11)6-7-18-15(19)10-17/h8-9H,6-7,10H2,1-5H3,(H,18,19). The maximum absolute atomic E-state index is 11.1. The summed E-state index contributed by atoms with van der Waals surface area (Å²) in [5.41, 5.74) is 5.44. The fourth-order valence-electron chi connectivity index (χ4n) is 2.19. The maximum Gasteiger partial charge on any atom is 0.234 e. The van der Waals surface area contributed by atoms with Crippen molar-refractivity contribution in [1.29, 1.82) is 0 Å². The van der Waals surface area contributed by atoms with E-state index in [1.807, 2.05) is 0 Å². The molecule has 0 saturated heterocycles. The summed E-state index contributed by atoms with van der Waals surface area (Å²) < 4.78 is 0. The number of hydrogen-bond donors (Lipinski definition) is 1. The van der Waals surface area contributed by atoms with Gasteiger partial charge in [0, 0.05) is 6.54 Å². The van der Waals surface area contributed by atoms with Gasteiger partial charge in [0.2, 0.25) is 5.91 Å². The van der Waals surface area contributed by atoms with E-state index in [0.717, 1.165) is 6.42 Å². The number of nitrogens with one attached hydrogen (secondary N) is 1. The van der Waals surface area contributed by atoms with Crippen molar-refractivity contribution in [1.82, 2.24) is 5.32 Å².